The van der Waals surface area contributed by atoms with Gasteiger partial charge in [-0.15, -0.1) is 0 Å². The Morgan fingerprint density at radius 2 is 2.25 bits per heavy atom. The zero-order chi connectivity index (χ0) is 8.97. The van der Waals surface area contributed by atoms with E-state index in [-0.39, 0.29) is 5.75 Å². The fraction of sp³-hybridized carbons (Fsp3) is 0.333. The molecule has 0 heterocycles. The SMILES string of the molecule is CNCCc1cccc(O)c1F. The topological polar surface area (TPSA) is 32.3 Å². The summed E-state index contributed by atoms with van der Waals surface area (Å²) in [5.41, 5.74) is 0.546. The van der Waals surface area contributed by atoms with Crippen molar-refractivity contribution in [1.29, 1.82) is 0 Å². The molecule has 12 heavy (non-hydrogen) atoms. The van der Waals surface area contributed by atoms with Crippen molar-refractivity contribution in [1.82, 2.24) is 5.32 Å². The summed E-state index contributed by atoms with van der Waals surface area (Å²) < 4.78 is 13.0. The molecule has 0 saturated heterocycles. The molecule has 0 fully saturated rings. The Bertz CT molecular complexity index is 263. The van der Waals surface area contributed by atoms with E-state index in [1.54, 1.807) is 19.2 Å². The molecule has 0 amide bonds. The van der Waals surface area contributed by atoms with Crippen LogP contribution in [-0.2, 0) is 6.42 Å². The highest BCUT2D eigenvalue weighted by Crippen LogP contribution is 2.18. The monoisotopic (exact) mass is 169 g/mol. The van der Waals surface area contributed by atoms with Crippen LogP contribution in [0.3, 0.4) is 0 Å². The number of nitrogens with one attached hydrogen (secondary N) is 1. The van der Waals surface area contributed by atoms with Crippen molar-refractivity contribution in [2.45, 2.75) is 6.42 Å². The molecule has 0 atom stereocenters. The summed E-state index contributed by atoms with van der Waals surface area (Å²) in [6.07, 6.45) is 0.594. The minimum atomic E-state index is -0.507. The highest BCUT2D eigenvalue weighted by atomic mass is 19.1. The van der Waals surface area contributed by atoms with Crippen LogP contribution in [0.4, 0.5) is 4.39 Å². The molecule has 66 valence electrons. The highest BCUT2D eigenvalue weighted by molar-refractivity contribution is 5.29. The van der Waals surface area contributed by atoms with E-state index in [9.17, 15) is 4.39 Å². The van der Waals surface area contributed by atoms with E-state index in [4.69, 9.17) is 5.11 Å². The number of rotatable bonds is 3. The van der Waals surface area contributed by atoms with Crippen molar-refractivity contribution < 1.29 is 9.50 Å². The Morgan fingerprint density at radius 3 is 2.92 bits per heavy atom. The van der Waals surface area contributed by atoms with Gasteiger partial charge in [-0.3, -0.25) is 0 Å². The van der Waals surface area contributed by atoms with Gasteiger partial charge in [-0.25, -0.2) is 4.39 Å². The van der Waals surface area contributed by atoms with Gasteiger partial charge < -0.3 is 10.4 Å². The van der Waals surface area contributed by atoms with Crippen LogP contribution in [0.5, 0.6) is 5.75 Å². The fourth-order valence-electron chi connectivity index (χ4n) is 1.02. The lowest BCUT2D eigenvalue weighted by atomic mass is 10.1. The Hall–Kier alpha value is -1.09. The van der Waals surface area contributed by atoms with E-state index in [0.717, 1.165) is 0 Å². The Morgan fingerprint density at radius 1 is 1.50 bits per heavy atom. The molecule has 2 N–H and O–H groups in total. The molecule has 1 rings (SSSR count). The minimum Gasteiger partial charge on any atom is -0.505 e. The average Bonchev–Trinajstić information content (AvgIpc) is 2.08. The summed E-state index contributed by atoms with van der Waals surface area (Å²) in [5, 5.41) is 11.9. The van der Waals surface area contributed by atoms with Gasteiger partial charge in [0.1, 0.15) is 0 Å². The van der Waals surface area contributed by atoms with Crippen molar-refractivity contribution in [2.24, 2.45) is 0 Å². The first-order valence-corrected chi connectivity index (χ1v) is 3.86. The van der Waals surface area contributed by atoms with E-state index < -0.39 is 5.82 Å². The summed E-state index contributed by atoms with van der Waals surface area (Å²) in [5.74, 6) is -0.781. The summed E-state index contributed by atoms with van der Waals surface area (Å²) in [7, 11) is 1.81. The highest BCUT2D eigenvalue weighted by Gasteiger charge is 2.04. The number of aromatic hydroxyl groups is 1. The predicted octanol–water partition coefficient (Wildman–Crippen LogP) is 1.29. The lowest BCUT2D eigenvalue weighted by molar-refractivity contribution is 0.428. The second kappa shape index (κ2) is 4.07. The maximum absolute atomic E-state index is 13.0. The maximum Gasteiger partial charge on any atom is 0.168 e. The molecule has 3 heteroatoms. The molecule has 0 saturated carbocycles. The van der Waals surface area contributed by atoms with Crippen molar-refractivity contribution in [3.63, 3.8) is 0 Å². The van der Waals surface area contributed by atoms with Crippen LogP contribution < -0.4 is 5.32 Å². The molecular weight excluding hydrogens is 157 g/mol. The Balaban J connectivity index is 2.78. The number of phenolic OH excluding ortho intramolecular Hbond substituents is 1. The molecule has 0 bridgehead atoms. The molecule has 1 aromatic rings. The molecule has 0 aliphatic carbocycles. The van der Waals surface area contributed by atoms with Gasteiger partial charge in [0.25, 0.3) is 0 Å². The molecule has 2 nitrogen and oxygen atoms in total. The minimum absolute atomic E-state index is 0.274. The van der Waals surface area contributed by atoms with Crippen molar-refractivity contribution in [2.75, 3.05) is 13.6 Å². The summed E-state index contributed by atoms with van der Waals surface area (Å²) in [6.45, 7) is 0.709. The van der Waals surface area contributed by atoms with E-state index in [2.05, 4.69) is 5.32 Å². The van der Waals surface area contributed by atoms with Gasteiger partial charge in [-0.2, -0.15) is 0 Å². The number of halogens is 1. The molecule has 0 aliphatic heterocycles. The van der Waals surface area contributed by atoms with Gasteiger partial charge in [0.15, 0.2) is 11.6 Å². The Labute approximate surface area is 71.0 Å². The van der Waals surface area contributed by atoms with Gasteiger partial charge >= 0.3 is 0 Å². The smallest absolute Gasteiger partial charge is 0.168 e. The third kappa shape index (κ3) is 1.95. The van der Waals surface area contributed by atoms with Gasteiger partial charge in [0, 0.05) is 0 Å². The van der Waals surface area contributed by atoms with Gasteiger partial charge in [-0.05, 0) is 31.6 Å². The molecule has 0 unspecified atom stereocenters. The first-order valence-electron chi connectivity index (χ1n) is 3.86. The maximum atomic E-state index is 13.0. The lowest BCUT2D eigenvalue weighted by Gasteiger charge is -2.03. The van der Waals surface area contributed by atoms with Crippen LogP contribution in [0, 0.1) is 5.82 Å². The normalized spacial score (nSPS) is 10.2. The van der Waals surface area contributed by atoms with Gasteiger partial charge in [0.2, 0.25) is 0 Å². The Kier molecular flexibility index (Phi) is 3.05. The average molecular weight is 169 g/mol. The first-order chi connectivity index (χ1) is 5.75. The zero-order valence-electron chi connectivity index (χ0n) is 6.97. The van der Waals surface area contributed by atoms with Crippen LogP contribution in [0.2, 0.25) is 0 Å². The van der Waals surface area contributed by atoms with Crippen LogP contribution in [0.25, 0.3) is 0 Å². The quantitative estimate of drug-likeness (QED) is 0.714. The second-order valence-corrected chi connectivity index (χ2v) is 2.60. The van der Waals surface area contributed by atoms with Crippen LogP contribution in [0.1, 0.15) is 5.56 Å². The van der Waals surface area contributed by atoms with Crippen molar-refractivity contribution >= 4 is 0 Å². The number of benzene rings is 1. The van der Waals surface area contributed by atoms with Crippen molar-refractivity contribution in [3.8, 4) is 5.75 Å². The molecule has 0 spiro atoms. The molecule has 0 aliphatic rings. The first kappa shape index (κ1) is 9.00. The second-order valence-electron chi connectivity index (χ2n) is 2.60. The van der Waals surface area contributed by atoms with E-state index in [1.165, 1.54) is 6.07 Å². The third-order valence-electron chi connectivity index (χ3n) is 1.70. The van der Waals surface area contributed by atoms with Gasteiger partial charge in [-0.1, -0.05) is 12.1 Å². The standard InChI is InChI=1S/C9H12FNO/c1-11-6-5-7-3-2-4-8(12)9(7)10/h2-4,11-12H,5-6H2,1H3. The number of phenols is 1. The van der Waals surface area contributed by atoms with E-state index >= 15 is 0 Å². The van der Waals surface area contributed by atoms with Crippen LogP contribution in [-0.4, -0.2) is 18.7 Å². The number of hydrogen-bond acceptors (Lipinski definition) is 2. The summed E-state index contributed by atoms with van der Waals surface area (Å²) >= 11 is 0. The van der Waals surface area contributed by atoms with Gasteiger partial charge in [0.05, 0.1) is 0 Å². The molecule has 1 aromatic carbocycles. The number of likely N-dealkylation sites (N-methyl/N-ethyl adjacent to an activating group) is 1. The van der Waals surface area contributed by atoms with E-state index in [0.29, 0.717) is 18.5 Å². The number of hydrogen-bond donors (Lipinski definition) is 2. The van der Waals surface area contributed by atoms with Crippen molar-refractivity contribution in [3.05, 3.63) is 29.6 Å². The molecular formula is C9H12FNO. The zero-order valence-corrected chi connectivity index (χ0v) is 6.97. The van der Waals surface area contributed by atoms with E-state index in [1.807, 2.05) is 0 Å². The fourth-order valence-corrected chi connectivity index (χ4v) is 1.02. The largest absolute Gasteiger partial charge is 0.505 e. The summed E-state index contributed by atoms with van der Waals surface area (Å²) in [6, 6.07) is 4.66. The van der Waals surface area contributed by atoms with Crippen LogP contribution in [0.15, 0.2) is 18.2 Å². The van der Waals surface area contributed by atoms with Crippen LogP contribution >= 0.6 is 0 Å². The third-order valence-corrected chi connectivity index (χ3v) is 1.70. The lowest BCUT2D eigenvalue weighted by Crippen LogP contribution is -2.11. The molecule has 0 radical (unpaired) electrons. The molecule has 0 aromatic heterocycles. The predicted molar refractivity (Wildman–Crippen MR) is 45.7 cm³/mol. The summed E-state index contributed by atoms with van der Waals surface area (Å²) in [4.78, 5) is 0.